The first kappa shape index (κ1) is 21.3. The number of fused-ring (bicyclic) bond motifs is 1. The van der Waals surface area contributed by atoms with Gasteiger partial charge >= 0.3 is 0 Å². The highest BCUT2D eigenvalue weighted by Crippen LogP contribution is 2.36. The molecule has 0 spiro atoms. The van der Waals surface area contributed by atoms with E-state index in [1.165, 1.54) is 13.1 Å². The quantitative estimate of drug-likeness (QED) is 0.388. The van der Waals surface area contributed by atoms with Crippen molar-refractivity contribution in [3.05, 3.63) is 77.3 Å². The van der Waals surface area contributed by atoms with Crippen molar-refractivity contribution in [1.29, 1.82) is 0 Å². The number of nitrogens with zero attached hydrogens (tertiary/aromatic N) is 2. The van der Waals surface area contributed by atoms with Crippen molar-refractivity contribution in [1.82, 2.24) is 10.3 Å². The van der Waals surface area contributed by atoms with Crippen molar-refractivity contribution >= 4 is 56.1 Å². The minimum absolute atomic E-state index is 0.0687. The number of anilines is 4. The van der Waals surface area contributed by atoms with Crippen LogP contribution >= 0.6 is 11.3 Å². The van der Waals surface area contributed by atoms with Crippen molar-refractivity contribution in [2.45, 2.75) is 13.5 Å². The van der Waals surface area contributed by atoms with Gasteiger partial charge in [0.15, 0.2) is 0 Å². The fourth-order valence-electron chi connectivity index (χ4n) is 3.43. The van der Waals surface area contributed by atoms with Crippen molar-refractivity contribution in [3.63, 3.8) is 0 Å². The number of benzene rings is 2. The van der Waals surface area contributed by atoms with Gasteiger partial charge in [0.25, 0.3) is 5.91 Å². The van der Waals surface area contributed by atoms with Crippen LogP contribution in [0.15, 0.2) is 66.2 Å². The summed E-state index contributed by atoms with van der Waals surface area (Å²) in [4.78, 5) is 29.5. The number of nitrogens with two attached hydrogens (primary N) is 1. The van der Waals surface area contributed by atoms with Crippen molar-refractivity contribution in [2.75, 3.05) is 17.3 Å². The first-order valence-electron chi connectivity index (χ1n) is 10.0. The smallest absolute Gasteiger partial charge is 0.252 e. The molecule has 2 amide bonds. The minimum atomic E-state index is -0.536. The molecule has 2 aromatic heterocycles. The zero-order chi connectivity index (χ0) is 22.7. The maximum atomic E-state index is 12.1. The van der Waals surface area contributed by atoms with E-state index in [1.807, 2.05) is 59.8 Å². The van der Waals surface area contributed by atoms with Crippen molar-refractivity contribution < 1.29 is 9.59 Å². The molecule has 4 aromatic rings. The van der Waals surface area contributed by atoms with Gasteiger partial charge < -0.3 is 21.3 Å². The van der Waals surface area contributed by atoms with Crippen molar-refractivity contribution in [2.24, 2.45) is 5.73 Å². The van der Waals surface area contributed by atoms with Crippen LogP contribution in [0.3, 0.4) is 0 Å². The number of thiophene rings is 1. The summed E-state index contributed by atoms with van der Waals surface area (Å²) in [6.07, 6.45) is 1.50. The molecule has 0 radical (unpaired) electrons. The number of aromatic nitrogens is 1. The summed E-state index contributed by atoms with van der Waals surface area (Å²) in [6, 6.07) is 17.7. The highest BCUT2D eigenvalue weighted by molar-refractivity contribution is 7.17. The van der Waals surface area contributed by atoms with Gasteiger partial charge in [0.2, 0.25) is 5.91 Å². The second-order valence-corrected chi connectivity index (χ2v) is 8.27. The topological polar surface area (TPSA) is 100 Å². The zero-order valence-electron chi connectivity index (χ0n) is 17.8. The highest BCUT2D eigenvalue weighted by atomic mass is 32.1. The van der Waals surface area contributed by atoms with Gasteiger partial charge in [-0.1, -0.05) is 24.3 Å². The number of pyridine rings is 1. The molecule has 4 rings (SSSR count). The van der Waals surface area contributed by atoms with E-state index >= 15 is 0 Å². The van der Waals surface area contributed by atoms with Crippen molar-refractivity contribution in [3.8, 4) is 0 Å². The van der Waals surface area contributed by atoms with Gasteiger partial charge in [-0.25, -0.2) is 4.98 Å². The number of hydrogen-bond donors (Lipinski definition) is 3. The number of carbonyl (C=O) groups is 2. The van der Waals surface area contributed by atoms with Gasteiger partial charge in [-0.2, -0.15) is 0 Å². The molecule has 7 nitrogen and oxygen atoms in total. The van der Waals surface area contributed by atoms with E-state index in [0.717, 1.165) is 27.0 Å². The lowest BCUT2D eigenvalue weighted by Gasteiger charge is -2.23. The normalized spacial score (nSPS) is 10.7. The number of carbonyl (C=O) groups excluding carboxylic acids is 2. The SMILES string of the molecule is CC(=O)NCc1ccc(Nc2cc(N(C)c3cccc4ccsc34)c(C(N)=O)cn2)cc1. The monoisotopic (exact) mass is 445 g/mol. The van der Waals surface area contributed by atoms with Gasteiger partial charge in [0, 0.05) is 38.5 Å². The predicted octanol–water partition coefficient (Wildman–Crippen LogP) is 4.54. The highest BCUT2D eigenvalue weighted by Gasteiger charge is 2.17. The first-order chi connectivity index (χ1) is 15.4. The van der Waals surface area contributed by atoms with Crippen LogP contribution in [0.1, 0.15) is 22.8 Å². The van der Waals surface area contributed by atoms with Crippen LogP contribution < -0.4 is 21.3 Å². The minimum Gasteiger partial charge on any atom is -0.365 e. The van der Waals surface area contributed by atoms with Gasteiger partial charge in [-0.05, 0) is 40.6 Å². The summed E-state index contributed by atoms with van der Waals surface area (Å²) in [6.45, 7) is 1.97. The van der Waals surface area contributed by atoms with E-state index in [0.29, 0.717) is 23.6 Å². The molecule has 2 heterocycles. The van der Waals surface area contributed by atoms with Crippen LogP contribution in [-0.4, -0.2) is 23.8 Å². The van der Waals surface area contributed by atoms with Crippen LogP contribution in [-0.2, 0) is 11.3 Å². The lowest BCUT2D eigenvalue weighted by atomic mass is 10.1. The molecular formula is C24H23N5O2S. The molecule has 0 aliphatic rings. The Morgan fingerprint density at radius 3 is 2.59 bits per heavy atom. The van der Waals surface area contributed by atoms with E-state index in [9.17, 15) is 9.59 Å². The Kier molecular flexibility index (Phi) is 6.04. The Labute approximate surface area is 189 Å². The number of nitrogens with one attached hydrogen (secondary N) is 2. The molecule has 32 heavy (non-hydrogen) atoms. The standard InChI is InChI=1S/C24H23N5O2S/c1-15(30)26-13-16-6-8-18(9-7-16)28-22-12-21(19(14-27-22)24(25)31)29(2)20-5-3-4-17-10-11-32-23(17)20/h3-12,14H,13H2,1-2H3,(H2,25,31)(H,26,30)(H,27,28). The average Bonchev–Trinajstić information content (AvgIpc) is 3.27. The van der Waals surface area contributed by atoms with E-state index in [-0.39, 0.29) is 5.91 Å². The molecule has 0 atom stereocenters. The second kappa shape index (κ2) is 9.07. The van der Waals surface area contributed by atoms with Gasteiger partial charge in [-0.3, -0.25) is 9.59 Å². The zero-order valence-corrected chi connectivity index (χ0v) is 18.6. The summed E-state index contributed by atoms with van der Waals surface area (Å²) < 4.78 is 1.13. The fourth-order valence-corrected chi connectivity index (χ4v) is 4.38. The average molecular weight is 446 g/mol. The van der Waals surface area contributed by atoms with E-state index in [2.05, 4.69) is 27.8 Å². The van der Waals surface area contributed by atoms with Crippen LogP contribution in [0.4, 0.5) is 22.9 Å². The number of rotatable bonds is 7. The molecule has 162 valence electrons. The van der Waals surface area contributed by atoms with Crippen LogP contribution in [0.2, 0.25) is 0 Å². The first-order valence-corrected chi connectivity index (χ1v) is 10.9. The number of hydrogen-bond acceptors (Lipinski definition) is 6. The maximum absolute atomic E-state index is 12.1. The Morgan fingerprint density at radius 2 is 1.88 bits per heavy atom. The van der Waals surface area contributed by atoms with E-state index in [4.69, 9.17) is 5.73 Å². The molecular weight excluding hydrogens is 422 g/mol. The fraction of sp³-hybridized carbons (Fsp3) is 0.125. The summed E-state index contributed by atoms with van der Waals surface area (Å²) in [7, 11) is 1.91. The Hall–Kier alpha value is -3.91. The molecule has 0 aliphatic heterocycles. The molecule has 0 saturated carbocycles. The lowest BCUT2D eigenvalue weighted by Crippen LogP contribution is -2.19. The second-order valence-electron chi connectivity index (χ2n) is 7.36. The predicted molar refractivity (Wildman–Crippen MR) is 130 cm³/mol. The molecule has 0 aliphatic carbocycles. The molecule has 0 bridgehead atoms. The largest absolute Gasteiger partial charge is 0.365 e. The molecule has 2 aromatic carbocycles. The Balaban J connectivity index is 1.63. The van der Waals surface area contributed by atoms with Crippen LogP contribution in [0.5, 0.6) is 0 Å². The van der Waals surface area contributed by atoms with E-state index in [1.54, 1.807) is 11.3 Å². The summed E-state index contributed by atoms with van der Waals surface area (Å²) >= 11 is 1.65. The molecule has 0 fully saturated rings. The third-order valence-corrected chi connectivity index (χ3v) is 6.05. The van der Waals surface area contributed by atoms with Gasteiger partial charge in [0.1, 0.15) is 5.82 Å². The number of primary amides is 1. The molecule has 0 saturated heterocycles. The molecule has 4 N–H and O–H groups in total. The van der Waals surface area contributed by atoms with E-state index < -0.39 is 5.91 Å². The number of amides is 2. The maximum Gasteiger partial charge on any atom is 0.252 e. The summed E-state index contributed by atoms with van der Waals surface area (Å²) in [5.74, 6) is -0.0165. The molecule has 8 heteroatoms. The summed E-state index contributed by atoms with van der Waals surface area (Å²) in [5, 5.41) is 9.23. The summed E-state index contributed by atoms with van der Waals surface area (Å²) in [5.41, 5.74) is 9.46. The lowest BCUT2D eigenvalue weighted by molar-refractivity contribution is -0.119. The molecule has 0 unspecified atom stereocenters. The third kappa shape index (κ3) is 4.55. The van der Waals surface area contributed by atoms with Gasteiger partial charge in [-0.15, -0.1) is 11.3 Å². The Bertz CT molecular complexity index is 1280. The van der Waals surface area contributed by atoms with Crippen LogP contribution in [0.25, 0.3) is 10.1 Å². The Morgan fingerprint density at radius 1 is 1.09 bits per heavy atom. The van der Waals surface area contributed by atoms with Crippen LogP contribution in [0, 0.1) is 0 Å². The van der Waals surface area contributed by atoms with Gasteiger partial charge in [0.05, 0.1) is 21.6 Å². The third-order valence-electron chi connectivity index (χ3n) is 5.10.